The number of carbonyl (C=O) groups is 2. The van der Waals surface area contributed by atoms with Crippen molar-refractivity contribution in [2.24, 2.45) is 0 Å². The number of aryl methyl sites for hydroxylation is 1. The van der Waals surface area contributed by atoms with Gasteiger partial charge in [0.1, 0.15) is 5.00 Å². The molecule has 3 rings (SSSR count). The zero-order valence-corrected chi connectivity index (χ0v) is 16.2. The summed E-state index contributed by atoms with van der Waals surface area (Å²) < 4.78 is 5.26. The zero-order chi connectivity index (χ0) is 18.5. The predicted molar refractivity (Wildman–Crippen MR) is 105 cm³/mol. The minimum Gasteiger partial charge on any atom is -0.462 e. The summed E-state index contributed by atoms with van der Waals surface area (Å²) in [5.74, 6) is -0.622. The summed E-state index contributed by atoms with van der Waals surface area (Å²) in [4.78, 5) is 26.7. The Morgan fingerprint density at radius 1 is 1.15 bits per heavy atom. The number of anilines is 1. The molecule has 1 N–H and O–H groups in total. The molecule has 26 heavy (non-hydrogen) atoms. The van der Waals surface area contributed by atoms with Gasteiger partial charge in [-0.05, 0) is 50.2 Å². The van der Waals surface area contributed by atoms with E-state index in [2.05, 4.69) is 5.32 Å². The van der Waals surface area contributed by atoms with Gasteiger partial charge >= 0.3 is 5.97 Å². The van der Waals surface area contributed by atoms with E-state index in [1.54, 1.807) is 6.92 Å². The molecule has 1 aromatic carbocycles. The normalized spacial score (nSPS) is 14.4. The summed E-state index contributed by atoms with van der Waals surface area (Å²) in [6.07, 6.45) is 4.76. The first kappa shape index (κ1) is 18.6. The van der Waals surface area contributed by atoms with Crippen molar-refractivity contribution in [1.82, 2.24) is 0 Å². The Morgan fingerprint density at radius 3 is 2.58 bits per heavy atom. The van der Waals surface area contributed by atoms with E-state index in [0.717, 1.165) is 36.8 Å². The van der Waals surface area contributed by atoms with Gasteiger partial charge in [-0.25, -0.2) is 4.79 Å². The Labute approximate surface area is 158 Å². The third-order valence-corrected chi connectivity index (χ3v) is 6.02. The van der Waals surface area contributed by atoms with Crippen LogP contribution in [0.3, 0.4) is 0 Å². The standard InChI is InChI=1S/C21H25NO3S/c1-3-15(14-10-6-5-7-11-14)19(23)22-20-18(21(24)25-4-2)16-12-8-9-13-17(16)26-20/h5-7,10-11,15H,3-4,8-9,12-13H2,1-2H3,(H,22,23)/t15-/m1/s1. The Bertz CT molecular complexity index is 782. The van der Waals surface area contributed by atoms with Crippen LogP contribution in [0.4, 0.5) is 5.00 Å². The fourth-order valence-corrected chi connectivity index (χ4v) is 4.81. The van der Waals surface area contributed by atoms with Crippen LogP contribution in [-0.2, 0) is 22.4 Å². The average Bonchev–Trinajstić information content (AvgIpc) is 3.01. The van der Waals surface area contributed by atoms with Crippen LogP contribution in [-0.4, -0.2) is 18.5 Å². The molecule has 1 aliphatic carbocycles. The fraction of sp³-hybridized carbons (Fsp3) is 0.429. The number of hydrogen-bond acceptors (Lipinski definition) is 4. The van der Waals surface area contributed by atoms with Crippen molar-refractivity contribution in [2.45, 2.75) is 51.9 Å². The van der Waals surface area contributed by atoms with Crippen LogP contribution >= 0.6 is 11.3 Å². The van der Waals surface area contributed by atoms with Crippen LogP contribution in [0.5, 0.6) is 0 Å². The number of fused-ring (bicyclic) bond motifs is 1. The summed E-state index contributed by atoms with van der Waals surface area (Å²) in [5.41, 5.74) is 2.64. The molecule has 1 aliphatic rings. The maximum Gasteiger partial charge on any atom is 0.341 e. The molecule has 2 aromatic rings. The van der Waals surface area contributed by atoms with Crippen molar-refractivity contribution < 1.29 is 14.3 Å². The Balaban J connectivity index is 1.90. The van der Waals surface area contributed by atoms with Crippen molar-refractivity contribution in [1.29, 1.82) is 0 Å². The number of rotatable bonds is 6. The number of ether oxygens (including phenoxy) is 1. The van der Waals surface area contributed by atoms with Crippen LogP contribution in [0.25, 0.3) is 0 Å². The van der Waals surface area contributed by atoms with E-state index in [4.69, 9.17) is 4.74 Å². The second-order valence-electron chi connectivity index (χ2n) is 6.50. The van der Waals surface area contributed by atoms with E-state index in [9.17, 15) is 9.59 Å². The van der Waals surface area contributed by atoms with Crippen molar-refractivity contribution in [3.8, 4) is 0 Å². The summed E-state index contributed by atoms with van der Waals surface area (Å²) in [6, 6.07) is 9.78. The minimum atomic E-state index is -0.324. The maximum absolute atomic E-state index is 12.9. The van der Waals surface area contributed by atoms with Crippen LogP contribution in [0.15, 0.2) is 30.3 Å². The highest BCUT2D eigenvalue weighted by atomic mass is 32.1. The lowest BCUT2D eigenvalue weighted by Gasteiger charge is -2.16. The molecule has 4 nitrogen and oxygen atoms in total. The van der Waals surface area contributed by atoms with E-state index < -0.39 is 0 Å². The van der Waals surface area contributed by atoms with Crippen LogP contribution in [0, 0.1) is 0 Å². The lowest BCUT2D eigenvalue weighted by molar-refractivity contribution is -0.117. The molecule has 1 atom stereocenters. The summed E-state index contributed by atoms with van der Waals surface area (Å²) in [5, 5.41) is 3.68. The van der Waals surface area contributed by atoms with Gasteiger partial charge in [-0.2, -0.15) is 0 Å². The Hall–Kier alpha value is -2.14. The van der Waals surface area contributed by atoms with Gasteiger partial charge < -0.3 is 10.1 Å². The molecule has 5 heteroatoms. The molecule has 0 aliphatic heterocycles. The molecule has 0 bridgehead atoms. The van der Waals surface area contributed by atoms with Crippen molar-refractivity contribution in [2.75, 3.05) is 11.9 Å². The number of carbonyl (C=O) groups excluding carboxylic acids is 2. The first-order valence-corrected chi connectivity index (χ1v) is 10.1. The number of esters is 1. The van der Waals surface area contributed by atoms with Gasteiger partial charge in [0, 0.05) is 4.88 Å². The van der Waals surface area contributed by atoms with Crippen molar-refractivity contribution >= 4 is 28.2 Å². The monoisotopic (exact) mass is 371 g/mol. The average molecular weight is 372 g/mol. The molecule has 0 unspecified atom stereocenters. The highest BCUT2D eigenvalue weighted by Gasteiger charge is 2.28. The minimum absolute atomic E-state index is 0.0668. The Kier molecular flexibility index (Phi) is 6.09. The molecule has 0 saturated heterocycles. The van der Waals surface area contributed by atoms with Gasteiger partial charge in [-0.1, -0.05) is 37.3 Å². The number of nitrogens with one attached hydrogen (secondary N) is 1. The van der Waals surface area contributed by atoms with Gasteiger partial charge in [0.25, 0.3) is 0 Å². The largest absolute Gasteiger partial charge is 0.462 e. The van der Waals surface area contributed by atoms with E-state index in [1.807, 2.05) is 37.3 Å². The van der Waals surface area contributed by atoms with Gasteiger partial charge in [0.2, 0.25) is 5.91 Å². The molecule has 0 fully saturated rings. The first-order chi connectivity index (χ1) is 12.7. The third-order valence-electron chi connectivity index (χ3n) is 4.81. The van der Waals surface area contributed by atoms with Gasteiger partial charge in [0.15, 0.2) is 0 Å². The smallest absolute Gasteiger partial charge is 0.341 e. The molecule has 1 aromatic heterocycles. The second kappa shape index (κ2) is 8.49. The van der Waals surface area contributed by atoms with Crippen molar-refractivity contribution in [3.63, 3.8) is 0 Å². The third kappa shape index (κ3) is 3.83. The molecule has 0 spiro atoms. The molecule has 0 saturated carbocycles. The molecular weight excluding hydrogens is 346 g/mol. The molecule has 138 valence electrons. The molecule has 1 heterocycles. The predicted octanol–water partition coefficient (Wildman–Crippen LogP) is 4.94. The van der Waals surface area contributed by atoms with Gasteiger partial charge in [-0.3, -0.25) is 4.79 Å². The summed E-state index contributed by atoms with van der Waals surface area (Å²) >= 11 is 1.53. The van der Waals surface area contributed by atoms with E-state index in [-0.39, 0.29) is 17.8 Å². The van der Waals surface area contributed by atoms with Crippen LogP contribution in [0.2, 0.25) is 0 Å². The number of thiophene rings is 1. The van der Waals surface area contributed by atoms with E-state index in [0.29, 0.717) is 23.6 Å². The first-order valence-electron chi connectivity index (χ1n) is 9.33. The fourth-order valence-electron chi connectivity index (χ4n) is 3.53. The summed E-state index contributed by atoms with van der Waals surface area (Å²) in [6.45, 7) is 4.14. The lowest BCUT2D eigenvalue weighted by Crippen LogP contribution is -2.21. The molecular formula is C21H25NO3S. The Morgan fingerprint density at radius 2 is 1.88 bits per heavy atom. The van der Waals surface area contributed by atoms with Crippen molar-refractivity contribution in [3.05, 3.63) is 51.9 Å². The van der Waals surface area contributed by atoms with Crippen LogP contribution < -0.4 is 5.32 Å². The molecule has 0 radical (unpaired) electrons. The summed E-state index contributed by atoms with van der Waals surface area (Å²) in [7, 11) is 0. The second-order valence-corrected chi connectivity index (χ2v) is 7.60. The molecule has 1 amide bonds. The number of hydrogen-bond donors (Lipinski definition) is 1. The number of amides is 1. The topological polar surface area (TPSA) is 55.4 Å². The van der Waals surface area contributed by atoms with E-state index >= 15 is 0 Å². The highest BCUT2D eigenvalue weighted by Crippen LogP contribution is 2.39. The van der Waals surface area contributed by atoms with Gasteiger partial charge in [0.05, 0.1) is 18.1 Å². The SMILES string of the molecule is CCOC(=O)c1c(NC(=O)[C@H](CC)c2ccccc2)sc2c1CCCC2. The van der Waals surface area contributed by atoms with Gasteiger partial charge in [-0.15, -0.1) is 11.3 Å². The van der Waals surface area contributed by atoms with E-state index in [1.165, 1.54) is 16.2 Å². The zero-order valence-electron chi connectivity index (χ0n) is 15.3. The lowest BCUT2D eigenvalue weighted by atomic mass is 9.94. The highest BCUT2D eigenvalue weighted by molar-refractivity contribution is 7.17. The maximum atomic E-state index is 12.9. The quantitative estimate of drug-likeness (QED) is 0.732. The number of benzene rings is 1. The van der Waals surface area contributed by atoms with Crippen LogP contribution in [0.1, 0.15) is 65.4 Å².